The first kappa shape index (κ1) is 37.0. The van der Waals surface area contributed by atoms with E-state index in [4.69, 9.17) is 11.5 Å². The number of aliphatic imine (C=N–C) groups is 1. The maximum absolute atomic E-state index is 13.8. The zero-order valence-corrected chi connectivity index (χ0v) is 26.3. The largest absolute Gasteiger partial charge is 0.481 e. The van der Waals surface area contributed by atoms with Gasteiger partial charge in [0.2, 0.25) is 29.5 Å². The summed E-state index contributed by atoms with van der Waals surface area (Å²) in [7, 11) is 1.39. The highest BCUT2D eigenvalue weighted by Gasteiger charge is 2.34. The van der Waals surface area contributed by atoms with Gasteiger partial charge in [-0.05, 0) is 42.5 Å². The first-order valence-electron chi connectivity index (χ1n) is 14.8. The Morgan fingerprint density at radius 2 is 1.72 bits per heavy atom. The molecule has 3 atom stereocenters. The summed E-state index contributed by atoms with van der Waals surface area (Å²) in [4.78, 5) is 95.0. The Hall–Kier alpha value is -5.22. The van der Waals surface area contributed by atoms with Crippen molar-refractivity contribution in [3.05, 3.63) is 29.3 Å². The lowest BCUT2D eigenvalue weighted by Gasteiger charge is -2.32. The smallest absolute Gasteiger partial charge is 0.305 e. The van der Waals surface area contributed by atoms with E-state index in [2.05, 4.69) is 31.6 Å². The third-order valence-corrected chi connectivity index (χ3v) is 7.05. The molecule has 6 amide bonds. The van der Waals surface area contributed by atoms with E-state index in [1.165, 1.54) is 30.1 Å². The van der Waals surface area contributed by atoms with Crippen LogP contribution in [0.3, 0.4) is 0 Å². The molecule has 252 valence electrons. The Morgan fingerprint density at radius 3 is 2.33 bits per heavy atom. The number of anilines is 1. The van der Waals surface area contributed by atoms with Crippen molar-refractivity contribution in [1.82, 2.24) is 26.2 Å². The average molecular weight is 646 g/mol. The second kappa shape index (κ2) is 17.3. The van der Waals surface area contributed by atoms with Crippen LogP contribution in [-0.2, 0) is 35.3 Å². The Kier molecular flexibility index (Phi) is 13.9. The standard InChI is InChI=1S/C29H43N9O8/c1-5-21(39)35-18-10-16-9-17(11-18)25(43)37-24(15(2)3)28(46)38(4)20(7-6-8-32-29(30)31)27(45)34-14-22(40)36-19(12-23(41)42)26(44)33-13-16/h9-11,15,19-20,24H,5-8,12-14H2,1-4H3,(H,33,44)(H,34,45)(H,35,39)(H,36,40)(H,37,43)(H,41,42)(H4,30,31,32)/t19-,20-,24?/m0/s1. The van der Waals surface area contributed by atoms with Crippen LogP contribution in [0.5, 0.6) is 0 Å². The molecule has 1 aromatic rings. The molecule has 10 N–H and O–H groups in total. The van der Waals surface area contributed by atoms with Gasteiger partial charge in [-0.1, -0.05) is 20.8 Å². The number of aliphatic carboxylic acids is 1. The molecule has 0 spiro atoms. The molecule has 1 aromatic carbocycles. The number of amides is 6. The number of likely N-dealkylation sites (N-methyl/N-ethyl adjacent to an activating group) is 1. The number of rotatable bonds is 9. The molecule has 17 nitrogen and oxygen atoms in total. The van der Waals surface area contributed by atoms with Gasteiger partial charge in [-0.3, -0.25) is 38.6 Å². The molecule has 46 heavy (non-hydrogen) atoms. The van der Waals surface area contributed by atoms with Crippen LogP contribution in [0.15, 0.2) is 23.2 Å². The summed E-state index contributed by atoms with van der Waals surface area (Å²) in [5.74, 6) is -5.92. The van der Waals surface area contributed by atoms with E-state index >= 15 is 0 Å². The molecular weight excluding hydrogens is 602 g/mol. The lowest BCUT2D eigenvalue weighted by atomic mass is 9.99. The third kappa shape index (κ3) is 11.4. The minimum absolute atomic E-state index is 0.0577. The maximum Gasteiger partial charge on any atom is 0.305 e. The summed E-state index contributed by atoms with van der Waals surface area (Å²) >= 11 is 0. The maximum atomic E-state index is 13.8. The van der Waals surface area contributed by atoms with E-state index in [-0.39, 0.29) is 55.5 Å². The first-order valence-corrected chi connectivity index (χ1v) is 14.8. The average Bonchev–Trinajstić information content (AvgIpc) is 2.99. The summed E-state index contributed by atoms with van der Waals surface area (Å²) in [5.41, 5.74) is 11.4. The summed E-state index contributed by atoms with van der Waals surface area (Å²) in [6.07, 6.45) is -0.251. The van der Waals surface area contributed by atoms with Crippen molar-refractivity contribution in [2.45, 2.75) is 71.1 Å². The number of carboxylic acid groups (broad SMARTS) is 1. The normalized spacial score (nSPS) is 20.0. The molecule has 0 aromatic heterocycles. The van der Waals surface area contributed by atoms with Gasteiger partial charge in [0.05, 0.1) is 13.0 Å². The number of carboxylic acids is 1. The lowest BCUT2D eigenvalue weighted by molar-refractivity contribution is -0.142. The minimum atomic E-state index is -1.50. The SMILES string of the molecule is CCC(=O)Nc1cc2cc(c1)C(=O)NC(C(C)C)C(=O)N(C)[C@@H](CCCN=C(N)N)C(=O)NCC(=O)N[C@@H](CC(=O)O)C(=O)NC2. The monoisotopic (exact) mass is 645 g/mol. The number of carbonyl (C=O) groups excluding carboxylic acids is 6. The number of carbonyl (C=O) groups is 7. The van der Waals surface area contributed by atoms with Crippen LogP contribution in [0, 0.1) is 5.92 Å². The van der Waals surface area contributed by atoms with Gasteiger partial charge in [0, 0.05) is 37.8 Å². The fourth-order valence-corrected chi connectivity index (χ4v) is 4.58. The molecule has 0 saturated carbocycles. The lowest BCUT2D eigenvalue weighted by Crippen LogP contribution is -2.57. The van der Waals surface area contributed by atoms with Crippen molar-refractivity contribution in [3.63, 3.8) is 0 Å². The predicted molar refractivity (Wildman–Crippen MR) is 167 cm³/mol. The predicted octanol–water partition coefficient (Wildman–Crippen LogP) is -1.62. The summed E-state index contributed by atoms with van der Waals surface area (Å²) in [6, 6.07) is 0.667. The molecule has 2 bridgehead atoms. The van der Waals surface area contributed by atoms with Crippen molar-refractivity contribution in [3.8, 4) is 0 Å². The van der Waals surface area contributed by atoms with E-state index in [0.717, 1.165) is 0 Å². The Balaban J connectivity index is 2.58. The van der Waals surface area contributed by atoms with Crippen LogP contribution in [0.1, 0.15) is 62.4 Å². The highest BCUT2D eigenvalue weighted by Crippen LogP contribution is 2.18. The number of hydrogen-bond acceptors (Lipinski definition) is 8. The van der Waals surface area contributed by atoms with Crippen LogP contribution in [-0.4, -0.2) is 95.6 Å². The summed E-state index contributed by atoms with van der Waals surface area (Å²) in [6.45, 7) is 4.40. The fraction of sp³-hybridized carbons (Fsp3) is 0.517. The van der Waals surface area contributed by atoms with Crippen LogP contribution in [0.4, 0.5) is 5.69 Å². The van der Waals surface area contributed by atoms with Crippen LogP contribution >= 0.6 is 0 Å². The number of benzene rings is 1. The molecule has 0 aliphatic carbocycles. The number of nitrogens with zero attached hydrogens (tertiary/aromatic N) is 2. The van der Waals surface area contributed by atoms with Gasteiger partial charge in [0.15, 0.2) is 5.96 Å². The Bertz CT molecular complexity index is 1360. The van der Waals surface area contributed by atoms with Crippen molar-refractivity contribution in [1.29, 1.82) is 0 Å². The van der Waals surface area contributed by atoms with E-state index < -0.39 is 72.5 Å². The van der Waals surface area contributed by atoms with Gasteiger partial charge < -0.3 is 48.1 Å². The second-order valence-corrected chi connectivity index (χ2v) is 11.1. The molecule has 1 aliphatic heterocycles. The Morgan fingerprint density at radius 1 is 1.04 bits per heavy atom. The van der Waals surface area contributed by atoms with E-state index in [1.807, 2.05) is 0 Å². The highest BCUT2D eigenvalue weighted by molar-refractivity contribution is 6.00. The molecule has 2 rings (SSSR count). The number of guanidine groups is 1. The number of nitrogens with two attached hydrogens (primary N) is 2. The quantitative estimate of drug-likeness (QED) is 0.0863. The molecule has 1 aliphatic rings. The van der Waals surface area contributed by atoms with Gasteiger partial charge in [-0.25, -0.2) is 0 Å². The molecule has 0 radical (unpaired) electrons. The minimum Gasteiger partial charge on any atom is -0.481 e. The van der Waals surface area contributed by atoms with Gasteiger partial charge in [-0.15, -0.1) is 0 Å². The third-order valence-electron chi connectivity index (χ3n) is 7.05. The number of fused-ring (bicyclic) bond motifs is 2. The summed E-state index contributed by atoms with van der Waals surface area (Å²) < 4.78 is 0. The van der Waals surface area contributed by atoms with Gasteiger partial charge in [-0.2, -0.15) is 0 Å². The second-order valence-electron chi connectivity index (χ2n) is 11.1. The van der Waals surface area contributed by atoms with Crippen LogP contribution < -0.4 is 38.1 Å². The molecule has 1 unspecified atom stereocenters. The molecule has 17 heteroatoms. The number of hydrogen-bond donors (Lipinski definition) is 8. The molecular formula is C29H43N9O8. The van der Waals surface area contributed by atoms with Crippen molar-refractivity contribution >= 4 is 53.1 Å². The molecule has 1 heterocycles. The van der Waals surface area contributed by atoms with E-state index in [9.17, 15) is 38.7 Å². The van der Waals surface area contributed by atoms with E-state index in [0.29, 0.717) is 5.56 Å². The number of nitrogens with one attached hydrogen (secondary N) is 5. The zero-order valence-electron chi connectivity index (χ0n) is 26.3. The van der Waals surface area contributed by atoms with Crippen LogP contribution in [0.25, 0.3) is 0 Å². The van der Waals surface area contributed by atoms with Gasteiger partial charge in [0.25, 0.3) is 5.91 Å². The van der Waals surface area contributed by atoms with Crippen molar-refractivity contribution < 1.29 is 38.7 Å². The van der Waals surface area contributed by atoms with Crippen LogP contribution in [0.2, 0.25) is 0 Å². The first-order chi connectivity index (χ1) is 21.6. The molecule has 0 fully saturated rings. The van der Waals surface area contributed by atoms with Gasteiger partial charge in [0.1, 0.15) is 18.1 Å². The topological polar surface area (TPSA) is 268 Å². The van der Waals surface area contributed by atoms with Crippen molar-refractivity contribution in [2.75, 3.05) is 25.5 Å². The Labute approximate surface area is 266 Å². The van der Waals surface area contributed by atoms with Crippen molar-refractivity contribution in [2.24, 2.45) is 22.4 Å². The fourth-order valence-electron chi connectivity index (χ4n) is 4.58. The van der Waals surface area contributed by atoms with Gasteiger partial charge >= 0.3 is 5.97 Å². The molecule has 0 saturated heterocycles. The van der Waals surface area contributed by atoms with E-state index in [1.54, 1.807) is 20.8 Å². The highest BCUT2D eigenvalue weighted by atomic mass is 16.4. The summed E-state index contributed by atoms with van der Waals surface area (Å²) in [5, 5.41) is 22.0. The zero-order chi connectivity index (χ0) is 34.6.